The summed E-state index contributed by atoms with van der Waals surface area (Å²) in [6, 6.07) is 20.7. The van der Waals surface area contributed by atoms with Gasteiger partial charge in [0, 0.05) is 18.3 Å². The Balaban J connectivity index is 1.62. The Morgan fingerprint density at radius 2 is 1.77 bits per heavy atom. The van der Waals surface area contributed by atoms with Crippen molar-refractivity contribution < 1.29 is 27.8 Å². The number of carbonyl (C=O) groups is 1. The van der Waals surface area contributed by atoms with Gasteiger partial charge in [-0.15, -0.1) is 0 Å². The quantitative estimate of drug-likeness (QED) is 0.388. The molecule has 0 saturated heterocycles. The third kappa shape index (κ3) is 5.36. The van der Waals surface area contributed by atoms with E-state index in [0.717, 1.165) is 17.8 Å². The minimum Gasteiger partial charge on any atom is -0.496 e. The van der Waals surface area contributed by atoms with Crippen molar-refractivity contribution in [3.05, 3.63) is 102 Å². The zero-order chi connectivity index (χ0) is 25.0. The monoisotopic (exact) mass is 481 g/mol. The van der Waals surface area contributed by atoms with E-state index < -0.39 is 23.8 Å². The molecular formula is C26H22F3N3O3. The predicted octanol–water partition coefficient (Wildman–Crippen LogP) is 5.03. The third-order valence-electron chi connectivity index (χ3n) is 5.40. The maximum atomic E-state index is 13.1. The second-order valence-corrected chi connectivity index (χ2v) is 7.72. The summed E-state index contributed by atoms with van der Waals surface area (Å²) in [4.78, 5) is 13.1. The number of aromatic nitrogens is 2. The summed E-state index contributed by atoms with van der Waals surface area (Å²) in [5, 5.41) is 17.6. The van der Waals surface area contributed by atoms with Crippen molar-refractivity contribution in [3.63, 3.8) is 0 Å². The van der Waals surface area contributed by atoms with Crippen LogP contribution in [0.3, 0.4) is 0 Å². The highest BCUT2D eigenvalue weighted by atomic mass is 19.4. The molecule has 3 aromatic carbocycles. The van der Waals surface area contributed by atoms with Crippen molar-refractivity contribution in [1.29, 1.82) is 0 Å². The van der Waals surface area contributed by atoms with Crippen molar-refractivity contribution >= 4 is 5.91 Å². The van der Waals surface area contributed by atoms with Gasteiger partial charge in [-0.2, -0.15) is 18.3 Å². The van der Waals surface area contributed by atoms with Crippen molar-refractivity contribution in [2.24, 2.45) is 0 Å². The van der Waals surface area contributed by atoms with Gasteiger partial charge in [-0.25, -0.2) is 4.68 Å². The number of nitrogens with zero attached hydrogens (tertiary/aromatic N) is 2. The maximum absolute atomic E-state index is 13.1. The first kappa shape index (κ1) is 24.0. The van der Waals surface area contributed by atoms with E-state index in [9.17, 15) is 23.1 Å². The predicted molar refractivity (Wildman–Crippen MR) is 124 cm³/mol. The maximum Gasteiger partial charge on any atom is 0.416 e. The minimum atomic E-state index is -4.53. The van der Waals surface area contributed by atoms with Crippen molar-refractivity contribution in [2.75, 3.05) is 13.7 Å². The van der Waals surface area contributed by atoms with Crippen LogP contribution in [-0.2, 0) is 6.18 Å². The van der Waals surface area contributed by atoms with Crippen LogP contribution in [0.2, 0.25) is 0 Å². The molecule has 0 fully saturated rings. The summed E-state index contributed by atoms with van der Waals surface area (Å²) in [6.45, 7) is -0.290. The Labute approximate surface area is 199 Å². The second-order valence-electron chi connectivity index (χ2n) is 7.72. The molecular weight excluding hydrogens is 459 g/mol. The van der Waals surface area contributed by atoms with E-state index in [-0.39, 0.29) is 17.7 Å². The number of rotatable bonds is 7. The summed E-state index contributed by atoms with van der Waals surface area (Å²) in [5.41, 5.74) is 1.07. The third-order valence-corrected chi connectivity index (χ3v) is 5.40. The van der Waals surface area contributed by atoms with Gasteiger partial charge in [0.1, 0.15) is 11.4 Å². The number of carbonyl (C=O) groups excluding carboxylic acids is 1. The summed E-state index contributed by atoms with van der Waals surface area (Å²) < 4.78 is 46.0. The van der Waals surface area contributed by atoms with E-state index in [0.29, 0.717) is 17.0 Å². The molecule has 4 aromatic rings. The van der Waals surface area contributed by atoms with Gasteiger partial charge >= 0.3 is 6.18 Å². The van der Waals surface area contributed by atoms with Gasteiger partial charge < -0.3 is 15.2 Å². The number of hydrogen-bond donors (Lipinski definition) is 2. The standard InChI is InChI=1S/C26H22F3N3O3/c1-35-23-13-6-5-12-20(23)24-21(16-32(31-24)19-10-3-2-4-11-19)25(34)30-15-22(33)17-8-7-9-18(14-17)26(27,28)29/h2-14,16,22,33H,15H2,1H3,(H,30,34). The van der Waals surface area contributed by atoms with E-state index in [1.165, 1.54) is 19.2 Å². The average molecular weight is 481 g/mol. The lowest BCUT2D eigenvalue weighted by molar-refractivity contribution is -0.137. The van der Waals surface area contributed by atoms with Gasteiger partial charge in [-0.3, -0.25) is 4.79 Å². The molecule has 0 aliphatic rings. The lowest BCUT2D eigenvalue weighted by Crippen LogP contribution is -2.28. The van der Waals surface area contributed by atoms with Crippen LogP contribution >= 0.6 is 0 Å². The fourth-order valence-electron chi connectivity index (χ4n) is 3.62. The van der Waals surface area contributed by atoms with Gasteiger partial charge in [0.15, 0.2) is 0 Å². The van der Waals surface area contributed by atoms with Gasteiger partial charge in [0.25, 0.3) is 5.91 Å². The number of nitrogens with one attached hydrogen (secondary N) is 1. The van der Waals surface area contributed by atoms with Crippen LogP contribution in [0, 0.1) is 0 Å². The number of ether oxygens (including phenoxy) is 1. The molecule has 4 rings (SSSR count). The molecule has 0 saturated carbocycles. The van der Waals surface area contributed by atoms with Gasteiger partial charge in [0.2, 0.25) is 0 Å². The fraction of sp³-hybridized carbons (Fsp3) is 0.154. The largest absolute Gasteiger partial charge is 0.496 e. The number of aliphatic hydroxyl groups is 1. The first-order valence-corrected chi connectivity index (χ1v) is 10.7. The topological polar surface area (TPSA) is 76.4 Å². The fourth-order valence-corrected chi connectivity index (χ4v) is 3.62. The van der Waals surface area contributed by atoms with Gasteiger partial charge in [-0.1, -0.05) is 42.5 Å². The smallest absolute Gasteiger partial charge is 0.416 e. The molecule has 1 heterocycles. The Bertz CT molecular complexity index is 1320. The van der Waals surface area contributed by atoms with Crippen molar-refractivity contribution in [1.82, 2.24) is 15.1 Å². The van der Waals surface area contributed by atoms with Gasteiger partial charge in [-0.05, 0) is 42.0 Å². The number of benzene rings is 3. The van der Waals surface area contributed by atoms with Crippen molar-refractivity contribution in [3.8, 4) is 22.7 Å². The summed E-state index contributed by atoms with van der Waals surface area (Å²) in [6.07, 6.45) is -4.31. The Hall–Kier alpha value is -4.11. The van der Waals surface area contributed by atoms with Crippen LogP contribution in [0.15, 0.2) is 85.1 Å². The van der Waals surface area contributed by atoms with Gasteiger partial charge in [0.05, 0.1) is 30.0 Å². The molecule has 6 nitrogen and oxygen atoms in total. The van der Waals surface area contributed by atoms with Crippen LogP contribution < -0.4 is 10.1 Å². The molecule has 0 spiro atoms. The molecule has 0 radical (unpaired) electrons. The average Bonchev–Trinajstić information content (AvgIpc) is 3.32. The molecule has 0 bridgehead atoms. The first-order valence-electron chi connectivity index (χ1n) is 10.7. The number of aliphatic hydroxyl groups excluding tert-OH is 1. The molecule has 9 heteroatoms. The van der Waals surface area contributed by atoms with E-state index >= 15 is 0 Å². The molecule has 35 heavy (non-hydrogen) atoms. The van der Waals surface area contributed by atoms with E-state index in [1.54, 1.807) is 35.1 Å². The van der Waals surface area contributed by atoms with E-state index in [2.05, 4.69) is 10.4 Å². The van der Waals surface area contributed by atoms with Crippen LogP contribution in [0.1, 0.15) is 27.6 Å². The zero-order valence-electron chi connectivity index (χ0n) is 18.7. The molecule has 2 N–H and O–H groups in total. The number of hydrogen-bond acceptors (Lipinski definition) is 4. The van der Waals surface area contributed by atoms with Crippen LogP contribution in [-0.4, -0.2) is 34.4 Å². The number of para-hydroxylation sites is 2. The highest BCUT2D eigenvalue weighted by molar-refractivity contribution is 6.00. The first-order chi connectivity index (χ1) is 16.8. The SMILES string of the molecule is COc1ccccc1-c1nn(-c2ccccc2)cc1C(=O)NCC(O)c1cccc(C(F)(F)F)c1. The van der Waals surface area contributed by atoms with Crippen LogP contribution in [0.25, 0.3) is 16.9 Å². The molecule has 1 aromatic heterocycles. The second kappa shape index (κ2) is 10.0. The highest BCUT2D eigenvalue weighted by Gasteiger charge is 2.31. The molecule has 1 amide bonds. The number of alkyl halides is 3. The number of methoxy groups -OCH3 is 1. The van der Waals surface area contributed by atoms with Crippen LogP contribution in [0.4, 0.5) is 13.2 Å². The minimum absolute atomic E-state index is 0.0463. The Morgan fingerprint density at radius 1 is 1.06 bits per heavy atom. The molecule has 0 aliphatic heterocycles. The van der Waals surface area contributed by atoms with Crippen molar-refractivity contribution in [2.45, 2.75) is 12.3 Å². The number of halogens is 3. The van der Waals surface area contributed by atoms with Crippen LogP contribution in [0.5, 0.6) is 5.75 Å². The summed E-state index contributed by atoms with van der Waals surface area (Å²) in [5.74, 6) is -0.0250. The lowest BCUT2D eigenvalue weighted by Gasteiger charge is -2.14. The molecule has 1 atom stereocenters. The summed E-state index contributed by atoms with van der Waals surface area (Å²) in [7, 11) is 1.51. The highest BCUT2D eigenvalue weighted by Crippen LogP contribution is 2.32. The van der Waals surface area contributed by atoms with E-state index in [4.69, 9.17) is 4.74 Å². The van der Waals surface area contributed by atoms with E-state index in [1.807, 2.05) is 30.3 Å². The zero-order valence-corrected chi connectivity index (χ0v) is 18.7. The lowest BCUT2D eigenvalue weighted by atomic mass is 10.0. The molecule has 1 unspecified atom stereocenters. The molecule has 0 aliphatic carbocycles. The Morgan fingerprint density at radius 3 is 2.49 bits per heavy atom. The number of amides is 1. The molecule has 180 valence electrons. The summed E-state index contributed by atoms with van der Waals surface area (Å²) >= 11 is 0. The normalized spacial score (nSPS) is 12.3. The Kier molecular flexibility index (Phi) is 6.88.